The lowest BCUT2D eigenvalue weighted by atomic mass is 10.1. The third-order valence-electron chi connectivity index (χ3n) is 2.50. The number of anilines is 1. The van der Waals surface area contributed by atoms with E-state index >= 15 is 0 Å². The van der Waals surface area contributed by atoms with Crippen LogP contribution in [0.1, 0.15) is 11.1 Å². The van der Waals surface area contributed by atoms with Gasteiger partial charge in [0, 0.05) is 12.4 Å². The van der Waals surface area contributed by atoms with Crippen LogP contribution >= 0.6 is 0 Å². The smallest absolute Gasteiger partial charge is 0.129 e. The van der Waals surface area contributed by atoms with Crippen LogP contribution in [-0.2, 0) is 0 Å². The summed E-state index contributed by atoms with van der Waals surface area (Å²) in [5.74, 6) is 0.635. The summed E-state index contributed by atoms with van der Waals surface area (Å²) in [4.78, 5) is 4.46. The van der Waals surface area contributed by atoms with Crippen LogP contribution in [0.4, 0.5) is 10.2 Å². The van der Waals surface area contributed by atoms with Gasteiger partial charge in [-0.05, 0) is 43.2 Å². The maximum absolute atomic E-state index is 13.2. The average Bonchev–Trinajstić information content (AvgIpc) is 2.16. The minimum Gasteiger partial charge on any atom is -0.373 e. The average molecular weight is 204 g/mol. The number of aromatic nitrogens is 1. The number of nitrogens with zero attached hydrogens (tertiary/aromatic N) is 1. The van der Waals surface area contributed by atoms with Crippen molar-refractivity contribution in [2.45, 2.75) is 13.8 Å². The Bertz CT molecular complexity index is 521. The first kappa shape index (κ1) is 9.90. The lowest BCUT2D eigenvalue weighted by molar-refractivity contribution is 0.628. The van der Waals surface area contributed by atoms with Crippen molar-refractivity contribution in [1.82, 2.24) is 4.98 Å². The summed E-state index contributed by atoms with van der Waals surface area (Å²) in [6.07, 6.45) is 0. The van der Waals surface area contributed by atoms with Gasteiger partial charge >= 0.3 is 0 Å². The lowest BCUT2D eigenvalue weighted by Gasteiger charge is -2.08. The van der Waals surface area contributed by atoms with E-state index in [1.54, 1.807) is 0 Å². The van der Waals surface area contributed by atoms with Crippen molar-refractivity contribution in [2.75, 3.05) is 12.4 Å². The zero-order valence-corrected chi connectivity index (χ0v) is 9.06. The molecule has 0 unspecified atom stereocenters. The third kappa shape index (κ3) is 1.65. The Morgan fingerprint density at radius 3 is 2.53 bits per heavy atom. The first-order valence-electron chi connectivity index (χ1n) is 4.87. The van der Waals surface area contributed by atoms with E-state index in [4.69, 9.17) is 0 Å². The fraction of sp³-hybridized carbons (Fsp3) is 0.250. The zero-order valence-electron chi connectivity index (χ0n) is 9.06. The number of benzene rings is 1. The molecule has 0 fully saturated rings. The van der Waals surface area contributed by atoms with Gasteiger partial charge in [-0.25, -0.2) is 9.37 Å². The molecule has 0 amide bonds. The third-order valence-corrected chi connectivity index (χ3v) is 2.50. The number of aryl methyl sites for hydroxylation is 2. The van der Waals surface area contributed by atoms with Gasteiger partial charge in [0.25, 0.3) is 0 Å². The van der Waals surface area contributed by atoms with Crippen molar-refractivity contribution in [2.24, 2.45) is 0 Å². The number of fused-ring (bicyclic) bond motifs is 1. The Morgan fingerprint density at radius 2 is 1.87 bits per heavy atom. The van der Waals surface area contributed by atoms with Gasteiger partial charge in [-0.3, -0.25) is 0 Å². The summed E-state index contributed by atoms with van der Waals surface area (Å²) in [6.45, 7) is 3.83. The van der Waals surface area contributed by atoms with E-state index in [2.05, 4.69) is 10.3 Å². The highest BCUT2D eigenvalue weighted by Crippen LogP contribution is 2.23. The molecule has 0 bridgehead atoms. The molecule has 1 heterocycles. The highest BCUT2D eigenvalue weighted by Gasteiger charge is 2.05. The second-order valence-corrected chi connectivity index (χ2v) is 3.70. The Hall–Kier alpha value is -1.64. The fourth-order valence-corrected chi connectivity index (χ4v) is 1.78. The number of nitrogens with one attached hydrogen (secondary N) is 1. The summed E-state index contributed by atoms with van der Waals surface area (Å²) in [7, 11) is 1.83. The lowest BCUT2D eigenvalue weighted by Crippen LogP contribution is -1.97. The maximum Gasteiger partial charge on any atom is 0.129 e. The van der Waals surface area contributed by atoms with Crippen LogP contribution in [0.3, 0.4) is 0 Å². The molecule has 1 aromatic carbocycles. The number of rotatable bonds is 1. The molecule has 1 aromatic heterocycles. The van der Waals surface area contributed by atoms with Crippen LogP contribution < -0.4 is 5.32 Å². The minimum absolute atomic E-state index is 0.210. The van der Waals surface area contributed by atoms with Crippen molar-refractivity contribution in [3.63, 3.8) is 0 Å². The summed E-state index contributed by atoms with van der Waals surface area (Å²) in [5.41, 5.74) is 2.74. The molecule has 0 aliphatic carbocycles. The van der Waals surface area contributed by atoms with Crippen LogP contribution in [0.5, 0.6) is 0 Å². The second kappa shape index (κ2) is 3.50. The Balaban J connectivity index is 2.81. The molecule has 78 valence electrons. The van der Waals surface area contributed by atoms with E-state index in [9.17, 15) is 4.39 Å². The maximum atomic E-state index is 13.2. The molecule has 3 heteroatoms. The molecular weight excluding hydrogens is 191 g/mol. The molecule has 1 N–H and O–H groups in total. The normalized spacial score (nSPS) is 10.7. The minimum atomic E-state index is -0.210. The second-order valence-electron chi connectivity index (χ2n) is 3.70. The number of hydrogen-bond acceptors (Lipinski definition) is 2. The van der Waals surface area contributed by atoms with Crippen LogP contribution in [0.15, 0.2) is 18.2 Å². The SMILES string of the molecule is CNc1nc2c(C)cc(F)cc2cc1C. The number of pyridine rings is 1. The van der Waals surface area contributed by atoms with E-state index in [0.29, 0.717) is 0 Å². The van der Waals surface area contributed by atoms with Crippen LogP contribution in [0.25, 0.3) is 10.9 Å². The van der Waals surface area contributed by atoms with Crippen LogP contribution in [-0.4, -0.2) is 12.0 Å². The van der Waals surface area contributed by atoms with Gasteiger partial charge < -0.3 is 5.32 Å². The molecule has 0 radical (unpaired) electrons. The van der Waals surface area contributed by atoms with Gasteiger partial charge in [0.2, 0.25) is 0 Å². The fourth-order valence-electron chi connectivity index (χ4n) is 1.78. The molecule has 0 saturated heterocycles. The van der Waals surface area contributed by atoms with Crippen molar-refractivity contribution in [3.05, 3.63) is 35.1 Å². The van der Waals surface area contributed by atoms with Crippen molar-refractivity contribution in [1.29, 1.82) is 0 Å². The zero-order chi connectivity index (χ0) is 11.0. The molecule has 2 aromatic rings. The van der Waals surface area contributed by atoms with E-state index in [1.807, 2.05) is 27.0 Å². The summed E-state index contributed by atoms with van der Waals surface area (Å²) >= 11 is 0. The molecule has 0 atom stereocenters. The molecule has 2 rings (SSSR count). The first-order chi connectivity index (χ1) is 7.11. The standard InChI is InChI=1S/C12H13FN2/c1-7-5-10(13)6-9-4-8(2)12(14-3)15-11(7)9/h4-6H,1-3H3,(H,14,15). The van der Waals surface area contributed by atoms with Gasteiger partial charge in [-0.2, -0.15) is 0 Å². The van der Waals surface area contributed by atoms with Crippen LogP contribution in [0, 0.1) is 19.7 Å². The van der Waals surface area contributed by atoms with Gasteiger partial charge in [-0.15, -0.1) is 0 Å². The predicted molar refractivity (Wildman–Crippen MR) is 60.7 cm³/mol. The summed E-state index contributed by atoms with van der Waals surface area (Å²) < 4.78 is 13.2. The topological polar surface area (TPSA) is 24.9 Å². The molecule has 0 saturated carbocycles. The molecular formula is C12H13FN2. The van der Waals surface area contributed by atoms with Gasteiger partial charge in [-0.1, -0.05) is 0 Å². The molecule has 15 heavy (non-hydrogen) atoms. The van der Waals surface area contributed by atoms with E-state index < -0.39 is 0 Å². The van der Waals surface area contributed by atoms with E-state index in [-0.39, 0.29) is 5.82 Å². The Labute approximate surface area is 88.1 Å². The molecule has 0 aliphatic rings. The van der Waals surface area contributed by atoms with Crippen molar-refractivity contribution >= 4 is 16.7 Å². The first-order valence-corrected chi connectivity index (χ1v) is 4.87. The van der Waals surface area contributed by atoms with E-state index in [0.717, 1.165) is 27.8 Å². The molecule has 2 nitrogen and oxygen atoms in total. The van der Waals surface area contributed by atoms with Crippen molar-refractivity contribution in [3.8, 4) is 0 Å². The van der Waals surface area contributed by atoms with Crippen molar-refractivity contribution < 1.29 is 4.39 Å². The molecule has 0 aliphatic heterocycles. The highest BCUT2D eigenvalue weighted by atomic mass is 19.1. The highest BCUT2D eigenvalue weighted by molar-refractivity contribution is 5.84. The van der Waals surface area contributed by atoms with Gasteiger partial charge in [0.1, 0.15) is 11.6 Å². The van der Waals surface area contributed by atoms with Crippen LogP contribution in [0.2, 0.25) is 0 Å². The largest absolute Gasteiger partial charge is 0.373 e. The van der Waals surface area contributed by atoms with Gasteiger partial charge in [0.05, 0.1) is 5.52 Å². The van der Waals surface area contributed by atoms with Gasteiger partial charge in [0.15, 0.2) is 0 Å². The number of hydrogen-bond donors (Lipinski definition) is 1. The predicted octanol–water partition coefficient (Wildman–Crippen LogP) is 3.03. The molecule has 0 spiro atoms. The summed E-state index contributed by atoms with van der Waals surface area (Å²) in [6, 6.07) is 4.97. The summed E-state index contributed by atoms with van der Waals surface area (Å²) in [5, 5.41) is 3.88. The quantitative estimate of drug-likeness (QED) is 0.772. The Kier molecular flexibility index (Phi) is 2.31. The number of halogens is 1. The monoisotopic (exact) mass is 204 g/mol. The van der Waals surface area contributed by atoms with E-state index in [1.165, 1.54) is 12.1 Å². The Morgan fingerprint density at radius 1 is 1.13 bits per heavy atom.